The molecule has 0 spiro atoms. The van der Waals surface area contributed by atoms with Crippen molar-refractivity contribution in [1.82, 2.24) is 10.2 Å². The van der Waals surface area contributed by atoms with Gasteiger partial charge in [0, 0.05) is 20.1 Å². The molecule has 0 aliphatic heterocycles. The van der Waals surface area contributed by atoms with Crippen LogP contribution in [0, 0.1) is 0 Å². The van der Waals surface area contributed by atoms with Crippen LogP contribution in [0.2, 0.25) is 0 Å². The van der Waals surface area contributed by atoms with Crippen LogP contribution >= 0.6 is 0 Å². The van der Waals surface area contributed by atoms with E-state index in [0.29, 0.717) is 30.8 Å². The molecule has 118 valence electrons. The fourth-order valence-electron chi connectivity index (χ4n) is 1.83. The lowest BCUT2D eigenvalue weighted by Crippen LogP contribution is -2.33. The van der Waals surface area contributed by atoms with Gasteiger partial charge < -0.3 is 10.2 Å². The third-order valence-electron chi connectivity index (χ3n) is 2.94. The molecule has 0 saturated heterocycles. The minimum atomic E-state index is -3.42. The number of sulfonamides is 1. The third-order valence-corrected chi connectivity index (χ3v) is 4.42. The van der Waals surface area contributed by atoms with Gasteiger partial charge >= 0.3 is 0 Å². The van der Waals surface area contributed by atoms with Gasteiger partial charge in [-0.05, 0) is 25.6 Å². The number of nitrogens with one attached hydrogen (secondary N) is 2. The van der Waals surface area contributed by atoms with Gasteiger partial charge in [-0.1, -0.05) is 19.1 Å². The molecule has 1 aromatic rings. The molecule has 1 aromatic carbocycles. The Kier molecular flexibility index (Phi) is 6.64. The van der Waals surface area contributed by atoms with E-state index >= 15 is 0 Å². The van der Waals surface area contributed by atoms with E-state index in [0.717, 1.165) is 0 Å². The van der Waals surface area contributed by atoms with Crippen molar-refractivity contribution < 1.29 is 13.2 Å². The van der Waals surface area contributed by atoms with Crippen molar-refractivity contribution >= 4 is 21.6 Å². The zero-order chi connectivity index (χ0) is 15.9. The molecule has 0 bridgehead atoms. The van der Waals surface area contributed by atoms with Gasteiger partial charge in [-0.3, -0.25) is 9.52 Å². The van der Waals surface area contributed by atoms with Crippen molar-refractivity contribution in [2.75, 3.05) is 37.7 Å². The summed E-state index contributed by atoms with van der Waals surface area (Å²) in [5, 5.41) is 2.97. The molecule has 0 radical (unpaired) electrons. The first kappa shape index (κ1) is 17.5. The standard InChI is InChI=1S/C14H23N3O3S/c1-4-11-21(19,20)16-13-8-6-5-7-12(13)14(18)17(3)10-9-15-2/h5-8,15-16H,4,9-11H2,1-3H3. The first-order chi connectivity index (χ1) is 9.91. The van der Waals surface area contributed by atoms with Crippen molar-refractivity contribution in [1.29, 1.82) is 0 Å². The fraction of sp³-hybridized carbons (Fsp3) is 0.500. The lowest BCUT2D eigenvalue weighted by Gasteiger charge is -2.19. The molecule has 0 aromatic heterocycles. The van der Waals surface area contributed by atoms with Gasteiger partial charge in [-0.2, -0.15) is 0 Å². The maximum absolute atomic E-state index is 12.4. The molecule has 2 N–H and O–H groups in total. The maximum atomic E-state index is 12.4. The number of rotatable bonds is 8. The Morgan fingerprint density at radius 1 is 1.29 bits per heavy atom. The van der Waals surface area contributed by atoms with Crippen LogP contribution in [0.4, 0.5) is 5.69 Å². The number of carbonyl (C=O) groups excluding carboxylic acids is 1. The van der Waals surface area contributed by atoms with E-state index in [9.17, 15) is 13.2 Å². The Labute approximate surface area is 126 Å². The van der Waals surface area contributed by atoms with Crippen LogP contribution in [-0.2, 0) is 10.0 Å². The van der Waals surface area contributed by atoms with Crippen molar-refractivity contribution in [2.45, 2.75) is 13.3 Å². The van der Waals surface area contributed by atoms with Crippen LogP contribution in [0.25, 0.3) is 0 Å². The average Bonchev–Trinajstić information content (AvgIpc) is 2.44. The van der Waals surface area contributed by atoms with Crippen LogP contribution in [0.15, 0.2) is 24.3 Å². The number of para-hydroxylation sites is 1. The smallest absolute Gasteiger partial charge is 0.255 e. The second-order valence-electron chi connectivity index (χ2n) is 4.80. The summed E-state index contributed by atoms with van der Waals surface area (Å²) in [6.45, 7) is 3.01. The highest BCUT2D eigenvalue weighted by Gasteiger charge is 2.18. The molecule has 0 fully saturated rings. The number of anilines is 1. The Hall–Kier alpha value is -1.60. The van der Waals surface area contributed by atoms with Gasteiger partial charge in [0.05, 0.1) is 17.0 Å². The Morgan fingerprint density at radius 2 is 1.95 bits per heavy atom. The Balaban J connectivity index is 2.96. The van der Waals surface area contributed by atoms with Gasteiger partial charge in [0.25, 0.3) is 5.91 Å². The number of nitrogens with zero attached hydrogens (tertiary/aromatic N) is 1. The van der Waals surface area contributed by atoms with E-state index < -0.39 is 10.0 Å². The monoisotopic (exact) mass is 313 g/mol. The summed E-state index contributed by atoms with van der Waals surface area (Å²) in [7, 11) is 0.0857. The Morgan fingerprint density at radius 3 is 2.57 bits per heavy atom. The maximum Gasteiger partial charge on any atom is 0.255 e. The molecule has 0 heterocycles. The van der Waals surface area contributed by atoms with Gasteiger partial charge in [0.2, 0.25) is 10.0 Å². The number of amides is 1. The minimum Gasteiger partial charge on any atom is -0.340 e. The number of hydrogen-bond acceptors (Lipinski definition) is 4. The molecule has 0 aliphatic rings. The van der Waals surface area contributed by atoms with E-state index in [1.807, 2.05) is 7.05 Å². The van der Waals surface area contributed by atoms with Crippen molar-refractivity contribution in [3.05, 3.63) is 29.8 Å². The summed E-state index contributed by atoms with van der Waals surface area (Å²) < 4.78 is 26.2. The van der Waals surface area contributed by atoms with Crippen LogP contribution in [-0.4, -0.2) is 52.2 Å². The predicted molar refractivity (Wildman–Crippen MR) is 85.0 cm³/mol. The summed E-state index contributed by atoms with van der Waals surface area (Å²) >= 11 is 0. The van der Waals surface area contributed by atoms with Gasteiger partial charge in [-0.15, -0.1) is 0 Å². The van der Waals surface area contributed by atoms with Crippen LogP contribution in [0.5, 0.6) is 0 Å². The van der Waals surface area contributed by atoms with Crippen molar-refractivity contribution in [2.24, 2.45) is 0 Å². The number of hydrogen-bond donors (Lipinski definition) is 2. The van der Waals surface area contributed by atoms with E-state index in [2.05, 4.69) is 10.0 Å². The second kappa shape index (κ2) is 7.99. The number of benzene rings is 1. The zero-order valence-electron chi connectivity index (χ0n) is 12.7. The van der Waals surface area contributed by atoms with E-state index in [1.165, 1.54) is 0 Å². The van der Waals surface area contributed by atoms with Crippen LogP contribution < -0.4 is 10.0 Å². The summed E-state index contributed by atoms with van der Waals surface area (Å²) in [4.78, 5) is 13.9. The van der Waals surface area contributed by atoms with Crippen molar-refractivity contribution in [3.8, 4) is 0 Å². The lowest BCUT2D eigenvalue weighted by atomic mass is 10.1. The highest BCUT2D eigenvalue weighted by Crippen LogP contribution is 2.18. The van der Waals surface area contributed by atoms with Crippen LogP contribution in [0.3, 0.4) is 0 Å². The topological polar surface area (TPSA) is 78.5 Å². The molecular weight excluding hydrogens is 290 g/mol. The summed E-state index contributed by atoms with van der Waals surface area (Å²) in [5.74, 6) is -0.175. The zero-order valence-corrected chi connectivity index (χ0v) is 13.5. The van der Waals surface area contributed by atoms with Crippen LogP contribution in [0.1, 0.15) is 23.7 Å². The first-order valence-electron chi connectivity index (χ1n) is 6.91. The molecule has 6 nitrogen and oxygen atoms in total. The second-order valence-corrected chi connectivity index (χ2v) is 6.64. The minimum absolute atomic E-state index is 0.0329. The molecule has 1 rings (SSSR count). The molecular formula is C14H23N3O3S. The molecule has 0 saturated carbocycles. The molecule has 0 atom stereocenters. The van der Waals surface area contributed by atoms with Crippen molar-refractivity contribution in [3.63, 3.8) is 0 Å². The molecule has 0 aliphatic carbocycles. The predicted octanol–water partition coefficient (Wildman–Crippen LogP) is 1.13. The average molecular weight is 313 g/mol. The highest BCUT2D eigenvalue weighted by molar-refractivity contribution is 7.92. The van der Waals surface area contributed by atoms with Gasteiger partial charge in [0.15, 0.2) is 0 Å². The van der Waals surface area contributed by atoms with E-state index in [-0.39, 0.29) is 11.7 Å². The van der Waals surface area contributed by atoms with Gasteiger partial charge in [0.1, 0.15) is 0 Å². The van der Waals surface area contributed by atoms with Gasteiger partial charge in [-0.25, -0.2) is 8.42 Å². The third kappa shape index (κ3) is 5.35. The highest BCUT2D eigenvalue weighted by atomic mass is 32.2. The quantitative estimate of drug-likeness (QED) is 0.754. The largest absolute Gasteiger partial charge is 0.340 e. The first-order valence-corrected chi connectivity index (χ1v) is 8.56. The molecule has 7 heteroatoms. The number of likely N-dealkylation sites (N-methyl/N-ethyl adjacent to an activating group) is 2. The fourth-order valence-corrected chi connectivity index (χ4v) is 2.99. The SMILES string of the molecule is CCCS(=O)(=O)Nc1ccccc1C(=O)N(C)CCNC. The normalized spacial score (nSPS) is 11.2. The lowest BCUT2D eigenvalue weighted by molar-refractivity contribution is 0.0798. The molecule has 0 unspecified atom stereocenters. The summed E-state index contributed by atoms with van der Waals surface area (Å²) in [6.07, 6.45) is 0.521. The van der Waals surface area contributed by atoms with E-state index in [4.69, 9.17) is 0 Å². The summed E-state index contributed by atoms with van der Waals surface area (Å²) in [6, 6.07) is 6.65. The molecule has 21 heavy (non-hydrogen) atoms. The Bertz CT molecular complexity index is 573. The molecule has 1 amide bonds. The summed E-state index contributed by atoms with van der Waals surface area (Å²) in [5.41, 5.74) is 0.683. The van der Waals surface area contributed by atoms with E-state index in [1.54, 1.807) is 43.1 Å². The number of carbonyl (C=O) groups is 1.